The van der Waals surface area contributed by atoms with Crippen LogP contribution in [0.5, 0.6) is 0 Å². The molecule has 3 rings (SSSR count). The van der Waals surface area contributed by atoms with Crippen molar-refractivity contribution in [3.8, 4) is 11.5 Å². The number of oxazole rings is 1. The molecule has 3 nitrogen and oxygen atoms in total. The smallest absolute Gasteiger partial charge is 0.229 e. The van der Waals surface area contributed by atoms with Gasteiger partial charge in [0.25, 0.3) is 0 Å². The fourth-order valence-electron chi connectivity index (χ4n) is 1.80. The van der Waals surface area contributed by atoms with E-state index in [-0.39, 0.29) is 10.9 Å². The summed E-state index contributed by atoms with van der Waals surface area (Å²) in [5, 5.41) is 0.561. The summed E-state index contributed by atoms with van der Waals surface area (Å²) in [7, 11) is 0. The van der Waals surface area contributed by atoms with E-state index in [9.17, 15) is 4.39 Å². The SMILES string of the molecule is Nc1c(Cl)cccc1-c1nc2cc(F)cc(Cl)c2o1. The van der Waals surface area contributed by atoms with E-state index in [1.165, 1.54) is 12.1 Å². The predicted molar refractivity (Wildman–Crippen MR) is 73.8 cm³/mol. The first-order valence-electron chi connectivity index (χ1n) is 5.36. The van der Waals surface area contributed by atoms with Crippen LogP contribution in [-0.2, 0) is 0 Å². The number of rotatable bonds is 1. The lowest BCUT2D eigenvalue weighted by atomic mass is 10.2. The van der Waals surface area contributed by atoms with Crippen molar-refractivity contribution in [3.63, 3.8) is 0 Å². The van der Waals surface area contributed by atoms with Crippen molar-refractivity contribution in [1.29, 1.82) is 0 Å². The zero-order valence-electron chi connectivity index (χ0n) is 9.45. The molecule has 0 radical (unpaired) electrons. The van der Waals surface area contributed by atoms with Crippen LogP contribution in [0.15, 0.2) is 34.7 Å². The first kappa shape index (κ1) is 12.3. The molecule has 0 atom stereocenters. The van der Waals surface area contributed by atoms with E-state index in [4.69, 9.17) is 33.4 Å². The van der Waals surface area contributed by atoms with Gasteiger partial charge >= 0.3 is 0 Å². The van der Waals surface area contributed by atoms with Crippen molar-refractivity contribution in [1.82, 2.24) is 4.98 Å². The molecule has 96 valence electrons. The van der Waals surface area contributed by atoms with Crippen molar-refractivity contribution in [3.05, 3.63) is 46.2 Å². The van der Waals surface area contributed by atoms with Crippen LogP contribution in [0.25, 0.3) is 22.6 Å². The Morgan fingerprint density at radius 3 is 2.74 bits per heavy atom. The van der Waals surface area contributed by atoms with E-state index < -0.39 is 5.82 Å². The van der Waals surface area contributed by atoms with Gasteiger partial charge in [0.15, 0.2) is 5.58 Å². The second-order valence-corrected chi connectivity index (χ2v) is 4.77. The lowest BCUT2D eigenvalue weighted by molar-refractivity contribution is 0.614. The zero-order valence-corrected chi connectivity index (χ0v) is 11.0. The molecule has 0 aliphatic carbocycles. The molecule has 1 aromatic heterocycles. The second-order valence-electron chi connectivity index (χ2n) is 3.96. The number of nitrogens with zero attached hydrogens (tertiary/aromatic N) is 1. The average Bonchev–Trinajstić information content (AvgIpc) is 2.76. The van der Waals surface area contributed by atoms with Crippen molar-refractivity contribution >= 4 is 40.0 Å². The van der Waals surface area contributed by atoms with Gasteiger partial charge in [-0.3, -0.25) is 0 Å². The number of halogens is 3. The molecule has 0 unspecified atom stereocenters. The lowest BCUT2D eigenvalue weighted by Crippen LogP contribution is -1.90. The van der Waals surface area contributed by atoms with Gasteiger partial charge in [0.1, 0.15) is 11.3 Å². The molecule has 0 fully saturated rings. The molecule has 0 amide bonds. The van der Waals surface area contributed by atoms with Gasteiger partial charge in [-0.25, -0.2) is 9.37 Å². The topological polar surface area (TPSA) is 52.0 Å². The number of aromatic nitrogens is 1. The second kappa shape index (κ2) is 4.40. The Bertz CT molecular complexity index is 786. The third-order valence-corrected chi connectivity index (χ3v) is 3.30. The fourth-order valence-corrected chi connectivity index (χ4v) is 2.21. The summed E-state index contributed by atoms with van der Waals surface area (Å²) in [6.45, 7) is 0. The molecule has 0 saturated carbocycles. The van der Waals surface area contributed by atoms with E-state index in [1.807, 2.05) is 0 Å². The summed E-state index contributed by atoms with van der Waals surface area (Å²) in [4.78, 5) is 4.18. The molecule has 2 N–H and O–H groups in total. The van der Waals surface area contributed by atoms with Gasteiger partial charge in [-0.15, -0.1) is 0 Å². The van der Waals surface area contributed by atoms with E-state index in [0.717, 1.165) is 0 Å². The molecule has 0 bridgehead atoms. The monoisotopic (exact) mass is 296 g/mol. The standard InChI is InChI=1S/C13H7Cl2FN2O/c14-8-3-1-2-7(11(8)17)13-18-10-5-6(16)4-9(15)12(10)19-13/h1-5H,17H2. The molecule has 2 aromatic carbocycles. The Morgan fingerprint density at radius 2 is 1.95 bits per heavy atom. The minimum atomic E-state index is -0.476. The number of nitrogens with two attached hydrogens (primary N) is 1. The largest absolute Gasteiger partial charge is 0.434 e. The minimum absolute atomic E-state index is 0.161. The van der Waals surface area contributed by atoms with Gasteiger partial charge in [-0.1, -0.05) is 29.3 Å². The first-order chi connectivity index (χ1) is 9.06. The Morgan fingerprint density at radius 1 is 1.16 bits per heavy atom. The van der Waals surface area contributed by atoms with Gasteiger partial charge in [0, 0.05) is 6.07 Å². The third-order valence-electron chi connectivity index (χ3n) is 2.69. The van der Waals surface area contributed by atoms with E-state index in [1.54, 1.807) is 18.2 Å². The Kier molecular flexibility index (Phi) is 2.84. The number of nitrogen functional groups attached to an aromatic ring is 1. The molecule has 0 spiro atoms. The maximum atomic E-state index is 13.2. The van der Waals surface area contributed by atoms with Crippen molar-refractivity contribution in [2.24, 2.45) is 0 Å². The highest BCUT2D eigenvalue weighted by molar-refractivity contribution is 6.35. The number of para-hydroxylation sites is 1. The number of hydrogen-bond acceptors (Lipinski definition) is 3. The van der Waals surface area contributed by atoms with Crippen molar-refractivity contribution in [2.45, 2.75) is 0 Å². The third kappa shape index (κ3) is 2.03. The van der Waals surface area contributed by atoms with Crippen LogP contribution in [0.1, 0.15) is 0 Å². The lowest BCUT2D eigenvalue weighted by Gasteiger charge is -2.02. The van der Waals surface area contributed by atoms with Crippen LogP contribution >= 0.6 is 23.2 Å². The number of anilines is 1. The number of fused-ring (bicyclic) bond motifs is 1. The van der Waals surface area contributed by atoms with Gasteiger partial charge in [0.05, 0.1) is 21.3 Å². The van der Waals surface area contributed by atoms with Crippen LogP contribution in [0.2, 0.25) is 10.0 Å². The summed E-state index contributed by atoms with van der Waals surface area (Å²) in [5.41, 5.74) is 7.41. The zero-order chi connectivity index (χ0) is 13.6. The fraction of sp³-hybridized carbons (Fsp3) is 0. The van der Waals surface area contributed by atoms with Crippen LogP contribution < -0.4 is 5.73 Å². The van der Waals surface area contributed by atoms with Crippen molar-refractivity contribution < 1.29 is 8.81 Å². The molecular weight excluding hydrogens is 290 g/mol. The molecule has 0 aliphatic heterocycles. The summed E-state index contributed by atoms with van der Waals surface area (Å²) in [6, 6.07) is 7.52. The quantitative estimate of drug-likeness (QED) is 0.672. The van der Waals surface area contributed by atoms with E-state index in [0.29, 0.717) is 27.4 Å². The highest BCUT2D eigenvalue weighted by atomic mass is 35.5. The molecule has 0 saturated heterocycles. The summed E-state index contributed by atoms with van der Waals surface area (Å²) < 4.78 is 18.8. The molecule has 6 heteroatoms. The maximum Gasteiger partial charge on any atom is 0.229 e. The Balaban J connectivity index is 2.26. The van der Waals surface area contributed by atoms with Crippen LogP contribution in [0.4, 0.5) is 10.1 Å². The Labute approximate surface area is 117 Å². The molecular formula is C13H7Cl2FN2O. The highest BCUT2D eigenvalue weighted by Gasteiger charge is 2.15. The van der Waals surface area contributed by atoms with Crippen LogP contribution in [0, 0.1) is 5.82 Å². The first-order valence-corrected chi connectivity index (χ1v) is 6.12. The number of benzene rings is 2. The van der Waals surface area contributed by atoms with Gasteiger partial charge < -0.3 is 10.2 Å². The predicted octanol–water partition coefficient (Wildman–Crippen LogP) is 4.52. The molecule has 3 aromatic rings. The average molecular weight is 297 g/mol. The van der Waals surface area contributed by atoms with Crippen molar-refractivity contribution in [2.75, 3.05) is 5.73 Å². The minimum Gasteiger partial charge on any atom is -0.434 e. The molecule has 0 aliphatic rings. The van der Waals surface area contributed by atoms with E-state index in [2.05, 4.69) is 4.98 Å². The van der Waals surface area contributed by atoms with E-state index >= 15 is 0 Å². The van der Waals surface area contributed by atoms with Gasteiger partial charge in [-0.05, 0) is 18.2 Å². The van der Waals surface area contributed by atoms with Crippen LogP contribution in [-0.4, -0.2) is 4.98 Å². The van der Waals surface area contributed by atoms with Gasteiger partial charge in [-0.2, -0.15) is 0 Å². The Hall–Kier alpha value is -1.78. The normalized spacial score (nSPS) is 11.1. The number of hydrogen-bond donors (Lipinski definition) is 1. The summed E-state index contributed by atoms with van der Waals surface area (Å²) in [5.74, 6) is -0.223. The highest BCUT2D eigenvalue weighted by Crippen LogP contribution is 2.34. The maximum absolute atomic E-state index is 13.2. The summed E-state index contributed by atoms with van der Waals surface area (Å²) >= 11 is 11.8. The molecule has 19 heavy (non-hydrogen) atoms. The van der Waals surface area contributed by atoms with Gasteiger partial charge in [0.2, 0.25) is 5.89 Å². The molecule has 1 heterocycles. The van der Waals surface area contributed by atoms with Crippen LogP contribution in [0.3, 0.4) is 0 Å². The summed E-state index contributed by atoms with van der Waals surface area (Å²) in [6.07, 6.45) is 0.